The monoisotopic (exact) mass is 383 g/mol. The Hall–Kier alpha value is -2.74. The maximum Gasteiger partial charge on any atom is 0.191 e. The van der Waals surface area contributed by atoms with Crippen LogP contribution >= 0.6 is 11.3 Å². The van der Waals surface area contributed by atoms with Crippen molar-refractivity contribution in [3.8, 4) is 5.82 Å². The first-order chi connectivity index (χ1) is 13.2. The Morgan fingerprint density at radius 1 is 1.19 bits per heavy atom. The number of aromatic nitrogens is 4. The predicted octanol–water partition coefficient (Wildman–Crippen LogP) is 2.50. The van der Waals surface area contributed by atoms with Gasteiger partial charge >= 0.3 is 0 Å². The number of pyridine rings is 1. The van der Waals surface area contributed by atoms with E-state index in [4.69, 9.17) is 0 Å². The zero-order valence-corrected chi connectivity index (χ0v) is 16.8. The molecule has 3 aromatic heterocycles. The number of guanidine groups is 1. The number of aryl methyl sites for hydroxylation is 2. The Balaban J connectivity index is 1.47. The summed E-state index contributed by atoms with van der Waals surface area (Å²) in [6.07, 6.45) is 9.46. The Morgan fingerprint density at radius 2 is 2.07 bits per heavy atom. The molecule has 0 saturated heterocycles. The van der Waals surface area contributed by atoms with E-state index in [9.17, 15) is 0 Å². The smallest absolute Gasteiger partial charge is 0.191 e. The zero-order valence-electron chi connectivity index (χ0n) is 15.9. The van der Waals surface area contributed by atoms with E-state index < -0.39 is 0 Å². The molecular formula is C19H25N7S. The SMILES string of the molecule is CCc1cnc(CCNC(=NC)NCc2ccc(-n3ccnc3C)nc2)s1. The van der Waals surface area contributed by atoms with Gasteiger partial charge in [0.25, 0.3) is 0 Å². The molecule has 0 aromatic carbocycles. The van der Waals surface area contributed by atoms with Crippen LogP contribution in [0.1, 0.15) is 28.2 Å². The Morgan fingerprint density at radius 3 is 2.70 bits per heavy atom. The van der Waals surface area contributed by atoms with Gasteiger partial charge in [-0.05, 0) is 25.0 Å². The van der Waals surface area contributed by atoms with Crippen LogP contribution in [0.4, 0.5) is 0 Å². The topological polar surface area (TPSA) is 80.0 Å². The Labute approximate surface area is 163 Å². The molecule has 3 aromatic rings. The maximum absolute atomic E-state index is 4.51. The first kappa shape index (κ1) is 19.0. The van der Waals surface area contributed by atoms with E-state index in [2.05, 4.69) is 43.6 Å². The second-order valence-electron chi connectivity index (χ2n) is 6.05. The van der Waals surface area contributed by atoms with Crippen LogP contribution in [0, 0.1) is 6.92 Å². The predicted molar refractivity (Wildman–Crippen MR) is 109 cm³/mol. The number of nitrogens with one attached hydrogen (secondary N) is 2. The number of hydrogen-bond donors (Lipinski definition) is 2. The third-order valence-electron chi connectivity index (χ3n) is 4.15. The van der Waals surface area contributed by atoms with Crippen LogP contribution < -0.4 is 10.6 Å². The lowest BCUT2D eigenvalue weighted by molar-refractivity contribution is 0.789. The van der Waals surface area contributed by atoms with Gasteiger partial charge in [0.1, 0.15) is 11.6 Å². The second-order valence-corrected chi connectivity index (χ2v) is 7.25. The van der Waals surface area contributed by atoms with E-state index in [1.165, 1.54) is 4.88 Å². The molecule has 0 bridgehead atoms. The van der Waals surface area contributed by atoms with Gasteiger partial charge in [-0.2, -0.15) is 0 Å². The molecule has 7 nitrogen and oxygen atoms in total. The minimum atomic E-state index is 0.660. The molecule has 3 heterocycles. The molecule has 27 heavy (non-hydrogen) atoms. The third kappa shape index (κ3) is 5.13. The van der Waals surface area contributed by atoms with E-state index in [0.29, 0.717) is 6.54 Å². The van der Waals surface area contributed by atoms with Crippen molar-refractivity contribution < 1.29 is 0 Å². The summed E-state index contributed by atoms with van der Waals surface area (Å²) in [5.74, 6) is 2.56. The second kappa shape index (κ2) is 9.27. The Kier molecular flexibility index (Phi) is 6.54. The molecule has 0 aliphatic heterocycles. The lowest BCUT2D eigenvalue weighted by Crippen LogP contribution is -2.37. The number of aliphatic imine (C=N–C) groups is 1. The van der Waals surface area contributed by atoms with Crippen molar-refractivity contribution in [2.24, 2.45) is 4.99 Å². The third-order valence-corrected chi connectivity index (χ3v) is 5.35. The van der Waals surface area contributed by atoms with E-state index >= 15 is 0 Å². The summed E-state index contributed by atoms with van der Waals surface area (Å²) >= 11 is 1.78. The average molecular weight is 384 g/mol. The zero-order chi connectivity index (χ0) is 19.1. The normalized spacial score (nSPS) is 11.6. The van der Waals surface area contributed by atoms with Gasteiger partial charge in [0, 0.05) is 56.2 Å². The molecular weight excluding hydrogens is 358 g/mol. The van der Waals surface area contributed by atoms with E-state index in [0.717, 1.165) is 47.6 Å². The van der Waals surface area contributed by atoms with Crippen LogP contribution in [0.15, 0.2) is 41.9 Å². The standard InChI is InChI=1S/C19H25N7S/c1-4-16-13-24-18(27-16)7-8-22-19(20-3)25-12-15-5-6-17(23-11-15)26-10-9-21-14(26)2/h5-6,9-11,13H,4,7-8,12H2,1-3H3,(H2,20,22,25). The summed E-state index contributed by atoms with van der Waals surface area (Å²) < 4.78 is 1.96. The fourth-order valence-corrected chi connectivity index (χ4v) is 3.47. The van der Waals surface area contributed by atoms with Gasteiger partial charge in [0.15, 0.2) is 5.96 Å². The molecule has 3 rings (SSSR count). The molecule has 2 N–H and O–H groups in total. The van der Waals surface area contributed by atoms with Crippen molar-refractivity contribution in [2.75, 3.05) is 13.6 Å². The molecule has 0 amide bonds. The minimum Gasteiger partial charge on any atom is -0.356 e. The molecule has 0 fully saturated rings. The van der Waals surface area contributed by atoms with Gasteiger partial charge in [-0.3, -0.25) is 9.56 Å². The molecule has 8 heteroatoms. The van der Waals surface area contributed by atoms with Gasteiger partial charge in [0.05, 0.1) is 5.01 Å². The summed E-state index contributed by atoms with van der Waals surface area (Å²) in [6, 6.07) is 4.06. The molecule has 0 saturated carbocycles. The van der Waals surface area contributed by atoms with Crippen molar-refractivity contribution in [1.82, 2.24) is 30.2 Å². The lowest BCUT2D eigenvalue weighted by Gasteiger charge is -2.11. The summed E-state index contributed by atoms with van der Waals surface area (Å²) in [5, 5.41) is 7.80. The molecule has 0 spiro atoms. The van der Waals surface area contributed by atoms with Crippen LogP contribution in [0.25, 0.3) is 5.82 Å². The Bertz CT molecular complexity index is 880. The van der Waals surface area contributed by atoms with Crippen LogP contribution in [-0.4, -0.2) is 39.1 Å². The van der Waals surface area contributed by atoms with Crippen LogP contribution in [0.5, 0.6) is 0 Å². The van der Waals surface area contributed by atoms with Gasteiger partial charge < -0.3 is 10.6 Å². The fourth-order valence-electron chi connectivity index (χ4n) is 2.61. The van der Waals surface area contributed by atoms with Crippen LogP contribution in [0.2, 0.25) is 0 Å². The van der Waals surface area contributed by atoms with Crippen molar-refractivity contribution >= 4 is 17.3 Å². The number of thiazole rings is 1. The molecule has 0 radical (unpaired) electrons. The quantitative estimate of drug-likeness (QED) is 0.484. The van der Waals surface area contributed by atoms with Gasteiger partial charge in [-0.15, -0.1) is 11.3 Å². The molecule has 0 aliphatic carbocycles. The lowest BCUT2D eigenvalue weighted by atomic mass is 10.3. The summed E-state index contributed by atoms with van der Waals surface area (Å²) in [7, 11) is 1.77. The molecule has 142 valence electrons. The number of rotatable bonds is 7. The number of hydrogen-bond acceptors (Lipinski definition) is 5. The highest BCUT2D eigenvalue weighted by molar-refractivity contribution is 7.11. The van der Waals surface area contributed by atoms with Gasteiger partial charge in [-0.25, -0.2) is 15.0 Å². The highest BCUT2D eigenvalue weighted by Crippen LogP contribution is 2.13. The van der Waals surface area contributed by atoms with E-state index in [-0.39, 0.29) is 0 Å². The fraction of sp³-hybridized carbons (Fsp3) is 0.368. The van der Waals surface area contributed by atoms with E-state index in [1.807, 2.05) is 36.1 Å². The van der Waals surface area contributed by atoms with Crippen molar-refractivity contribution in [2.45, 2.75) is 33.2 Å². The molecule has 0 atom stereocenters. The average Bonchev–Trinajstić information content (AvgIpc) is 3.33. The number of imidazole rings is 1. The maximum atomic E-state index is 4.51. The number of nitrogens with zero attached hydrogens (tertiary/aromatic N) is 5. The first-order valence-electron chi connectivity index (χ1n) is 9.03. The van der Waals surface area contributed by atoms with Crippen molar-refractivity contribution in [3.63, 3.8) is 0 Å². The summed E-state index contributed by atoms with van der Waals surface area (Å²) in [4.78, 5) is 18.8. The molecule has 0 aliphatic rings. The largest absolute Gasteiger partial charge is 0.356 e. The van der Waals surface area contributed by atoms with Gasteiger partial charge in [-0.1, -0.05) is 13.0 Å². The highest BCUT2D eigenvalue weighted by atomic mass is 32.1. The first-order valence-corrected chi connectivity index (χ1v) is 9.84. The van der Waals surface area contributed by atoms with Crippen molar-refractivity contribution in [1.29, 1.82) is 0 Å². The van der Waals surface area contributed by atoms with E-state index in [1.54, 1.807) is 24.6 Å². The summed E-state index contributed by atoms with van der Waals surface area (Å²) in [6.45, 7) is 5.57. The van der Waals surface area contributed by atoms with Crippen molar-refractivity contribution in [3.05, 3.63) is 58.2 Å². The summed E-state index contributed by atoms with van der Waals surface area (Å²) in [5.41, 5.74) is 1.09. The highest BCUT2D eigenvalue weighted by Gasteiger charge is 2.04. The molecule has 0 unspecified atom stereocenters. The van der Waals surface area contributed by atoms with Gasteiger partial charge in [0.2, 0.25) is 0 Å². The van der Waals surface area contributed by atoms with Crippen LogP contribution in [0.3, 0.4) is 0 Å². The minimum absolute atomic E-state index is 0.660. The van der Waals surface area contributed by atoms with Crippen LogP contribution in [-0.2, 0) is 19.4 Å².